The number of piperidine rings is 1. The molecule has 166 valence electrons. The van der Waals surface area contributed by atoms with Crippen molar-refractivity contribution < 1.29 is 17.2 Å². The average molecular weight is 455 g/mol. The van der Waals surface area contributed by atoms with Gasteiger partial charge in [0.1, 0.15) is 11.9 Å². The zero-order valence-electron chi connectivity index (χ0n) is 17.6. The third-order valence-electron chi connectivity index (χ3n) is 5.46. The smallest absolute Gasteiger partial charge is 0.243 e. The van der Waals surface area contributed by atoms with Gasteiger partial charge in [-0.2, -0.15) is 14.6 Å². The van der Waals surface area contributed by atoms with Crippen molar-refractivity contribution in [2.45, 2.75) is 31.2 Å². The van der Waals surface area contributed by atoms with Crippen LogP contribution in [0.25, 0.3) is 11.5 Å². The summed E-state index contributed by atoms with van der Waals surface area (Å²) in [5.74, 6) is 0.425. The molecule has 2 aromatic carbocycles. The minimum atomic E-state index is -3.55. The molecular weight excluding hydrogens is 431 g/mol. The summed E-state index contributed by atoms with van der Waals surface area (Å²) < 4.78 is 46.2. The van der Waals surface area contributed by atoms with E-state index in [1.807, 2.05) is 6.07 Å². The second kappa shape index (κ2) is 9.10. The molecular formula is C23H23FN4O3S. The summed E-state index contributed by atoms with van der Waals surface area (Å²) in [6, 6.07) is 14.3. The van der Waals surface area contributed by atoms with Crippen LogP contribution in [0, 0.1) is 23.1 Å². The predicted octanol–water partition coefficient (Wildman–Crippen LogP) is 4.39. The Labute approximate surface area is 186 Å². The first-order chi connectivity index (χ1) is 15.4. The largest absolute Gasteiger partial charge is 0.419 e. The number of nitriles is 1. The lowest BCUT2D eigenvalue weighted by Gasteiger charge is -2.30. The Balaban J connectivity index is 1.51. The fourth-order valence-corrected chi connectivity index (χ4v) is 5.31. The number of benzene rings is 2. The van der Waals surface area contributed by atoms with Crippen molar-refractivity contribution >= 4 is 15.9 Å². The summed E-state index contributed by atoms with van der Waals surface area (Å²) in [5.41, 5.74) is 1.46. The van der Waals surface area contributed by atoms with Crippen LogP contribution in [0.2, 0.25) is 0 Å². The van der Waals surface area contributed by atoms with Crippen molar-refractivity contribution in [2.24, 2.45) is 5.92 Å². The number of nitrogens with one attached hydrogen (secondary N) is 1. The normalized spacial score (nSPS) is 17.1. The Kier molecular flexibility index (Phi) is 6.26. The predicted molar refractivity (Wildman–Crippen MR) is 118 cm³/mol. The van der Waals surface area contributed by atoms with Crippen molar-refractivity contribution in [3.05, 3.63) is 65.6 Å². The van der Waals surface area contributed by atoms with Crippen molar-refractivity contribution in [3.8, 4) is 17.5 Å². The quantitative estimate of drug-likeness (QED) is 0.593. The number of nitrogens with zero attached hydrogens (tertiary/aromatic N) is 3. The van der Waals surface area contributed by atoms with Crippen molar-refractivity contribution in [1.29, 1.82) is 5.26 Å². The molecule has 1 aliphatic rings. The Morgan fingerprint density at radius 1 is 1.22 bits per heavy atom. The van der Waals surface area contributed by atoms with E-state index in [1.165, 1.54) is 28.6 Å². The molecule has 0 amide bonds. The second-order valence-electron chi connectivity index (χ2n) is 7.92. The number of hydrogen-bond donors (Lipinski definition) is 1. The number of sulfonamides is 1. The highest BCUT2D eigenvalue weighted by Gasteiger charge is 2.28. The summed E-state index contributed by atoms with van der Waals surface area (Å²) in [6.45, 7) is 3.44. The molecule has 7 nitrogen and oxygen atoms in total. The molecule has 32 heavy (non-hydrogen) atoms. The van der Waals surface area contributed by atoms with Gasteiger partial charge in [0.2, 0.25) is 27.5 Å². The molecule has 1 N–H and O–H groups in total. The van der Waals surface area contributed by atoms with Crippen LogP contribution in [0.1, 0.15) is 31.0 Å². The maximum atomic E-state index is 13.1. The van der Waals surface area contributed by atoms with Crippen LogP contribution in [-0.2, 0) is 16.6 Å². The highest BCUT2D eigenvalue weighted by Crippen LogP contribution is 2.28. The van der Waals surface area contributed by atoms with Crippen molar-refractivity contribution in [2.75, 3.05) is 18.4 Å². The van der Waals surface area contributed by atoms with Crippen LogP contribution < -0.4 is 5.32 Å². The molecule has 0 spiro atoms. The van der Waals surface area contributed by atoms with Gasteiger partial charge >= 0.3 is 0 Å². The van der Waals surface area contributed by atoms with Gasteiger partial charge in [-0.25, -0.2) is 12.8 Å². The molecule has 1 aliphatic heterocycles. The highest BCUT2D eigenvalue weighted by atomic mass is 32.2. The Bertz CT molecular complexity index is 1230. The van der Waals surface area contributed by atoms with Crippen LogP contribution in [0.4, 0.5) is 10.3 Å². The number of oxazole rings is 1. The van der Waals surface area contributed by atoms with E-state index in [1.54, 1.807) is 24.3 Å². The van der Waals surface area contributed by atoms with E-state index in [0.29, 0.717) is 31.1 Å². The SMILES string of the molecule is C[C@@H]1CCCN(S(=O)(=O)c2ccc(-c3nc(C#N)c(NCc4ccc(F)cc4)o3)cc2)C1. The van der Waals surface area contributed by atoms with Gasteiger partial charge in [0.15, 0.2) is 0 Å². The molecule has 0 saturated carbocycles. The standard InChI is InChI=1S/C23H23FN4O3S/c1-16-3-2-12-28(15-16)32(29,30)20-10-6-18(7-11-20)22-27-21(13-25)23(31-22)26-14-17-4-8-19(24)9-5-17/h4-11,16,26H,2-3,12,14-15H2,1H3/t16-/m1/s1. The van der Waals surface area contributed by atoms with Crippen LogP contribution in [0.3, 0.4) is 0 Å². The van der Waals surface area contributed by atoms with Crippen LogP contribution in [0.5, 0.6) is 0 Å². The van der Waals surface area contributed by atoms with Gasteiger partial charge in [0.25, 0.3) is 0 Å². The molecule has 1 aromatic heterocycles. The number of anilines is 1. The number of aromatic nitrogens is 1. The summed E-state index contributed by atoms with van der Waals surface area (Å²) in [6.07, 6.45) is 1.90. The molecule has 0 radical (unpaired) electrons. The number of halogens is 1. The molecule has 0 aliphatic carbocycles. The van der Waals surface area contributed by atoms with E-state index in [9.17, 15) is 18.1 Å². The lowest BCUT2D eigenvalue weighted by molar-refractivity contribution is 0.281. The van der Waals surface area contributed by atoms with Gasteiger partial charge < -0.3 is 9.73 Å². The fourth-order valence-electron chi connectivity index (χ4n) is 3.71. The zero-order valence-corrected chi connectivity index (χ0v) is 18.4. The van der Waals surface area contributed by atoms with Crippen molar-refractivity contribution in [1.82, 2.24) is 9.29 Å². The van der Waals surface area contributed by atoms with E-state index in [4.69, 9.17) is 4.42 Å². The van der Waals surface area contributed by atoms with Gasteiger partial charge in [-0.3, -0.25) is 0 Å². The molecule has 1 atom stereocenters. The van der Waals surface area contributed by atoms with E-state index >= 15 is 0 Å². The minimum absolute atomic E-state index is 0.0844. The van der Waals surface area contributed by atoms with E-state index in [-0.39, 0.29) is 28.2 Å². The van der Waals surface area contributed by atoms with Crippen LogP contribution >= 0.6 is 0 Å². The molecule has 0 unspecified atom stereocenters. The first kappa shape index (κ1) is 22.0. The number of hydrogen-bond acceptors (Lipinski definition) is 6. The molecule has 1 fully saturated rings. The molecule has 4 rings (SSSR count). The summed E-state index contributed by atoms with van der Waals surface area (Å²) in [5, 5.41) is 12.4. The first-order valence-electron chi connectivity index (χ1n) is 10.4. The van der Waals surface area contributed by atoms with Gasteiger partial charge in [-0.05, 0) is 60.7 Å². The summed E-state index contributed by atoms with van der Waals surface area (Å²) in [7, 11) is -3.55. The maximum absolute atomic E-state index is 13.1. The summed E-state index contributed by atoms with van der Waals surface area (Å²) in [4.78, 5) is 4.43. The van der Waals surface area contributed by atoms with E-state index in [0.717, 1.165) is 18.4 Å². The van der Waals surface area contributed by atoms with Crippen molar-refractivity contribution in [3.63, 3.8) is 0 Å². The molecule has 2 heterocycles. The van der Waals surface area contributed by atoms with E-state index < -0.39 is 10.0 Å². The molecule has 1 saturated heterocycles. The average Bonchev–Trinajstić information content (AvgIpc) is 3.22. The first-order valence-corrected chi connectivity index (χ1v) is 11.8. The minimum Gasteiger partial charge on any atom is -0.419 e. The highest BCUT2D eigenvalue weighted by molar-refractivity contribution is 7.89. The monoisotopic (exact) mass is 454 g/mol. The van der Waals surface area contributed by atoms with Gasteiger partial charge in [0, 0.05) is 25.2 Å². The van der Waals surface area contributed by atoms with E-state index in [2.05, 4.69) is 17.2 Å². The van der Waals surface area contributed by atoms with Gasteiger partial charge in [-0.1, -0.05) is 19.1 Å². The van der Waals surface area contributed by atoms with Crippen LogP contribution in [-0.4, -0.2) is 30.8 Å². The second-order valence-corrected chi connectivity index (χ2v) is 9.86. The fraction of sp³-hybridized carbons (Fsp3) is 0.304. The Hall–Kier alpha value is -3.22. The topological polar surface area (TPSA) is 99.2 Å². The lowest BCUT2D eigenvalue weighted by atomic mass is 10.0. The summed E-state index contributed by atoms with van der Waals surface area (Å²) >= 11 is 0. The van der Waals surface area contributed by atoms with Crippen LogP contribution in [0.15, 0.2) is 57.8 Å². The molecule has 3 aromatic rings. The van der Waals surface area contributed by atoms with Gasteiger partial charge in [-0.15, -0.1) is 0 Å². The molecule has 0 bridgehead atoms. The Morgan fingerprint density at radius 3 is 2.59 bits per heavy atom. The third-order valence-corrected chi connectivity index (χ3v) is 7.34. The maximum Gasteiger partial charge on any atom is 0.243 e. The Morgan fingerprint density at radius 2 is 1.94 bits per heavy atom. The zero-order chi connectivity index (χ0) is 22.7. The molecule has 9 heteroatoms. The third kappa shape index (κ3) is 4.66. The van der Waals surface area contributed by atoms with Gasteiger partial charge in [0.05, 0.1) is 4.90 Å². The lowest BCUT2D eigenvalue weighted by Crippen LogP contribution is -2.39. The number of rotatable bonds is 6.